The maximum Gasteiger partial charge on any atom is 0.312 e. The van der Waals surface area contributed by atoms with Crippen LogP contribution in [0, 0.1) is 5.41 Å². The van der Waals surface area contributed by atoms with E-state index in [-0.39, 0.29) is 17.9 Å². The van der Waals surface area contributed by atoms with Crippen LogP contribution >= 0.6 is 0 Å². The van der Waals surface area contributed by atoms with Crippen LogP contribution in [0.25, 0.3) is 0 Å². The zero-order chi connectivity index (χ0) is 16.3. The van der Waals surface area contributed by atoms with Gasteiger partial charge in [0.1, 0.15) is 0 Å². The molecule has 1 N–H and O–H groups in total. The second-order valence-electron chi connectivity index (χ2n) is 7.28. The van der Waals surface area contributed by atoms with Crippen molar-refractivity contribution in [3.8, 4) is 0 Å². The van der Waals surface area contributed by atoms with E-state index in [9.17, 15) is 14.7 Å². The molecule has 2 rings (SSSR count). The fraction of sp³-hybridized carbons (Fsp3) is 0.556. The van der Waals surface area contributed by atoms with Crippen molar-refractivity contribution in [3.63, 3.8) is 0 Å². The van der Waals surface area contributed by atoms with Crippen LogP contribution in [-0.4, -0.2) is 28.4 Å². The average Bonchev–Trinajstić information content (AvgIpc) is 2.44. The van der Waals surface area contributed by atoms with Gasteiger partial charge in [0, 0.05) is 19.5 Å². The van der Waals surface area contributed by atoms with Crippen molar-refractivity contribution in [1.29, 1.82) is 0 Å². The molecule has 1 aromatic carbocycles. The number of benzene rings is 1. The average molecular weight is 303 g/mol. The molecule has 120 valence electrons. The molecular formula is C18H25NO3. The molecule has 1 aliphatic rings. The number of hydrogen-bond acceptors (Lipinski definition) is 2. The Kier molecular flexibility index (Phi) is 4.89. The first kappa shape index (κ1) is 16.5. The van der Waals surface area contributed by atoms with Crippen molar-refractivity contribution in [2.24, 2.45) is 5.41 Å². The summed E-state index contributed by atoms with van der Waals surface area (Å²) in [5, 5.41) is 9.43. The van der Waals surface area contributed by atoms with Gasteiger partial charge >= 0.3 is 5.97 Å². The maximum absolute atomic E-state index is 12.4. The number of aliphatic carboxylic acids is 1. The molecule has 1 amide bonds. The van der Waals surface area contributed by atoms with Crippen LogP contribution in [0.4, 0.5) is 0 Å². The quantitative estimate of drug-likeness (QED) is 0.927. The Bertz CT molecular complexity index is 560. The zero-order valence-electron chi connectivity index (χ0n) is 13.6. The number of amides is 1. The highest BCUT2D eigenvalue weighted by Crippen LogP contribution is 2.29. The van der Waals surface area contributed by atoms with Crippen molar-refractivity contribution < 1.29 is 14.7 Å². The van der Waals surface area contributed by atoms with E-state index < -0.39 is 11.9 Å². The Hall–Kier alpha value is -1.84. The van der Waals surface area contributed by atoms with Gasteiger partial charge in [-0.2, -0.15) is 0 Å². The van der Waals surface area contributed by atoms with Crippen LogP contribution in [0.1, 0.15) is 57.1 Å². The second kappa shape index (κ2) is 6.51. The molecule has 0 aliphatic carbocycles. The van der Waals surface area contributed by atoms with Gasteiger partial charge in [-0.1, -0.05) is 45.0 Å². The largest absolute Gasteiger partial charge is 0.481 e. The monoisotopic (exact) mass is 303 g/mol. The van der Waals surface area contributed by atoms with Crippen molar-refractivity contribution >= 4 is 11.9 Å². The lowest BCUT2D eigenvalue weighted by Gasteiger charge is -2.33. The number of carboxylic acids is 1. The fourth-order valence-corrected chi connectivity index (χ4v) is 2.94. The molecular weight excluding hydrogens is 278 g/mol. The van der Waals surface area contributed by atoms with Crippen molar-refractivity contribution in [2.45, 2.75) is 52.5 Å². The van der Waals surface area contributed by atoms with E-state index in [1.54, 1.807) is 4.90 Å². The summed E-state index contributed by atoms with van der Waals surface area (Å²) in [5.74, 6) is -1.42. The minimum absolute atomic E-state index is 0.0602. The van der Waals surface area contributed by atoms with Crippen molar-refractivity contribution in [3.05, 3.63) is 35.4 Å². The molecule has 0 fully saturated rings. The summed E-state index contributed by atoms with van der Waals surface area (Å²) >= 11 is 0. The lowest BCUT2D eigenvalue weighted by atomic mass is 9.88. The highest BCUT2D eigenvalue weighted by atomic mass is 16.4. The van der Waals surface area contributed by atoms with Gasteiger partial charge in [0.25, 0.3) is 0 Å². The van der Waals surface area contributed by atoms with Crippen molar-refractivity contribution in [1.82, 2.24) is 4.90 Å². The Morgan fingerprint density at radius 3 is 2.59 bits per heavy atom. The van der Waals surface area contributed by atoms with Crippen LogP contribution < -0.4 is 0 Å². The number of nitrogens with zero attached hydrogens (tertiary/aromatic N) is 1. The third kappa shape index (κ3) is 4.09. The van der Waals surface area contributed by atoms with Crippen LogP contribution in [-0.2, 0) is 16.1 Å². The molecule has 1 aliphatic heterocycles. The van der Waals surface area contributed by atoms with E-state index in [2.05, 4.69) is 20.8 Å². The number of rotatable bonds is 4. The molecule has 0 spiro atoms. The van der Waals surface area contributed by atoms with Crippen molar-refractivity contribution in [2.75, 3.05) is 6.54 Å². The van der Waals surface area contributed by atoms with E-state index in [0.29, 0.717) is 13.0 Å². The Morgan fingerprint density at radius 2 is 1.95 bits per heavy atom. The summed E-state index contributed by atoms with van der Waals surface area (Å²) < 4.78 is 0. The number of carbonyl (C=O) groups excluding carboxylic acids is 1. The summed E-state index contributed by atoms with van der Waals surface area (Å²) in [4.78, 5) is 25.6. The highest BCUT2D eigenvalue weighted by molar-refractivity contribution is 5.81. The third-order valence-corrected chi connectivity index (χ3v) is 4.16. The minimum atomic E-state index is -0.861. The summed E-state index contributed by atoms with van der Waals surface area (Å²) in [6.45, 7) is 7.29. The lowest BCUT2D eigenvalue weighted by Crippen LogP contribution is -2.40. The van der Waals surface area contributed by atoms with Gasteiger partial charge in [-0.3, -0.25) is 9.59 Å². The number of carbonyl (C=O) groups is 2. The second-order valence-corrected chi connectivity index (χ2v) is 7.28. The number of hydrogen-bond donors (Lipinski definition) is 1. The highest BCUT2D eigenvalue weighted by Gasteiger charge is 2.32. The third-order valence-electron chi connectivity index (χ3n) is 4.16. The SMILES string of the molecule is CC(C)(C)CCCC(=O)N1Cc2ccccc2C(C(=O)O)C1. The van der Waals surface area contributed by atoms with Gasteiger partial charge in [-0.05, 0) is 29.4 Å². The normalized spacial score (nSPS) is 18.0. The van der Waals surface area contributed by atoms with Gasteiger partial charge < -0.3 is 10.0 Å². The maximum atomic E-state index is 12.4. The molecule has 1 atom stereocenters. The van der Waals surface area contributed by atoms with Gasteiger partial charge in [0.2, 0.25) is 5.91 Å². The lowest BCUT2D eigenvalue weighted by molar-refractivity contribution is -0.141. The van der Waals surface area contributed by atoms with Crippen LogP contribution in [0.15, 0.2) is 24.3 Å². The van der Waals surface area contributed by atoms with Gasteiger partial charge in [-0.15, -0.1) is 0 Å². The molecule has 0 saturated carbocycles. The van der Waals surface area contributed by atoms with E-state index in [0.717, 1.165) is 24.0 Å². The molecule has 1 aromatic rings. The molecule has 0 radical (unpaired) electrons. The zero-order valence-corrected chi connectivity index (χ0v) is 13.6. The Balaban J connectivity index is 2.05. The molecule has 1 unspecified atom stereocenters. The van der Waals surface area contributed by atoms with Crippen LogP contribution in [0.3, 0.4) is 0 Å². The summed E-state index contributed by atoms with van der Waals surface area (Å²) in [7, 11) is 0. The Labute approximate surface area is 132 Å². The fourth-order valence-electron chi connectivity index (χ4n) is 2.94. The molecule has 4 nitrogen and oxygen atoms in total. The van der Waals surface area contributed by atoms with Crippen LogP contribution in [0.2, 0.25) is 0 Å². The smallest absolute Gasteiger partial charge is 0.312 e. The van der Waals surface area contributed by atoms with E-state index in [4.69, 9.17) is 0 Å². The van der Waals surface area contributed by atoms with E-state index in [1.165, 1.54) is 0 Å². The van der Waals surface area contributed by atoms with Gasteiger partial charge in [0.15, 0.2) is 0 Å². The predicted molar refractivity (Wildman–Crippen MR) is 85.5 cm³/mol. The van der Waals surface area contributed by atoms with Gasteiger partial charge in [-0.25, -0.2) is 0 Å². The number of fused-ring (bicyclic) bond motifs is 1. The standard InChI is InChI=1S/C18H25NO3/c1-18(2,3)10-6-9-16(20)19-11-13-7-4-5-8-14(13)15(12-19)17(21)22/h4-5,7-8,15H,6,9-12H2,1-3H3,(H,21,22). The molecule has 4 heteroatoms. The van der Waals surface area contributed by atoms with E-state index in [1.807, 2.05) is 24.3 Å². The van der Waals surface area contributed by atoms with E-state index >= 15 is 0 Å². The van der Waals surface area contributed by atoms with Gasteiger partial charge in [0.05, 0.1) is 5.92 Å². The first-order valence-corrected chi connectivity index (χ1v) is 7.86. The molecule has 0 saturated heterocycles. The minimum Gasteiger partial charge on any atom is -0.481 e. The molecule has 0 aromatic heterocycles. The van der Waals surface area contributed by atoms with Crippen LogP contribution in [0.5, 0.6) is 0 Å². The topological polar surface area (TPSA) is 57.6 Å². The summed E-state index contributed by atoms with van der Waals surface area (Å²) in [6, 6.07) is 7.52. The number of carboxylic acid groups (broad SMARTS) is 1. The summed E-state index contributed by atoms with van der Waals surface area (Å²) in [5.41, 5.74) is 2.01. The first-order valence-electron chi connectivity index (χ1n) is 7.86. The molecule has 22 heavy (non-hydrogen) atoms. The Morgan fingerprint density at radius 1 is 1.27 bits per heavy atom. The molecule has 1 heterocycles. The summed E-state index contributed by atoms with van der Waals surface area (Å²) in [6.07, 6.45) is 2.33. The molecule has 0 bridgehead atoms. The first-order chi connectivity index (χ1) is 10.3. The predicted octanol–water partition coefficient (Wildman–Crippen LogP) is 3.41.